The molecule has 0 aromatic carbocycles. The smallest absolute Gasteiger partial charge is 0.195 e. The summed E-state index contributed by atoms with van der Waals surface area (Å²) in [6.07, 6.45) is -3.85. The zero-order chi connectivity index (χ0) is 10.9. The minimum Gasteiger partial charge on any atom is -0.388 e. The van der Waals surface area contributed by atoms with Crippen molar-refractivity contribution in [1.82, 2.24) is 0 Å². The molecule has 1 saturated heterocycles. The number of hydrogen-bond donors (Lipinski definition) is 4. The van der Waals surface area contributed by atoms with E-state index in [1.165, 1.54) is 0 Å². The molecule has 84 valence electrons. The molecular weight excluding hydrogens is 188 g/mol. The van der Waals surface area contributed by atoms with Crippen molar-refractivity contribution >= 4 is 0 Å². The Balaban J connectivity index is 2.79. The van der Waals surface area contributed by atoms with Gasteiger partial charge in [-0.3, -0.25) is 0 Å². The minimum absolute atomic E-state index is 0.224. The van der Waals surface area contributed by atoms with Gasteiger partial charge >= 0.3 is 0 Å². The highest BCUT2D eigenvalue weighted by molar-refractivity contribution is 4.94. The van der Waals surface area contributed by atoms with E-state index in [0.717, 1.165) is 0 Å². The minimum atomic E-state index is -1.74. The number of rotatable bonds is 2. The van der Waals surface area contributed by atoms with Gasteiger partial charge in [-0.1, -0.05) is 13.3 Å². The molecule has 0 aliphatic carbocycles. The number of ether oxygens (including phenoxy) is 1. The van der Waals surface area contributed by atoms with Crippen LogP contribution in [0.5, 0.6) is 0 Å². The van der Waals surface area contributed by atoms with Crippen LogP contribution >= 0.6 is 0 Å². The Morgan fingerprint density at radius 2 is 1.79 bits per heavy atom. The molecule has 0 aromatic rings. The first kappa shape index (κ1) is 11.9. The summed E-state index contributed by atoms with van der Waals surface area (Å²) in [4.78, 5) is 0. The van der Waals surface area contributed by atoms with Crippen LogP contribution in [-0.2, 0) is 4.74 Å². The van der Waals surface area contributed by atoms with Crippen molar-refractivity contribution in [3.8, 4) is 0 Å². The van der Waals surface area contributed by atoms with E-state index in [2.05, 4.69) is 0 Å². The third kappa shape index (κ3) is 1.92. The van der Waals surface area contributed by atoms with Crippen molar-refractivity contribution < 1.29 is 25.2 Å². The molecule has 1 fully saturated rings. The first-order valence-corrected chi connectivity index (χ1v) is 4.86. The Bertz CT molecular complexity index is 198. The van der Waals surface area contributed by atoms with E-state index in [9.17, 15) is 20.4 Å². The molecule has 1 heterocycles. The molecule has 0 radical (unpaired) electrons. The van der Waals surface area contributed by atoms with Crippen LogP contribution in [0.15, 0.2) is 0 Å². The molecule has 5 nitrogen and oxygen atoms in total. The van der Waals surface area contributed by atoms with Crippen LogP contribution in [0, 0.1) is 0 Å². The summed E-state index contributed by atoms with van der Waals surface area (Å²) in [7, 11) is 0. The Hall–Kier alpha value is -0.200. The predicted molar refractivity (Wildman–Crippen MR) is 48.4 cm³/mol. The molecule has 1 rings (SSSR count). The lowest BCUT2D eigenvalue weighted by atomic mass is 9.90. The summed E-state index contributed by atoms with van der Waals surface area (Å²) >= 11 is 0. The van der Waals surface area contributed by atoms with E-state index < -0.39 is 30.2 Å². The first-order chi connectivity index (χ1) is 6.42. The van der Waals surface area contributed by atoms with Crippen molar-refractivity contribution in [1.29, 1.82) is 0 Å². The lowest BCUT2D eigenvalue weighted by molar-refractivity contribution is -0.344. The molecular formula is C9H18O5. The third-order valence-electron chi connectivity index (χ3n) is 2.61. The molecule has 5 heteroatoms. The molecule has 4 N–H and O–H groups in total. The predicted octanol–water partition coefficient (Wildman–Crippen LogP) is -1.02. The lowest BCUT2D eigenvalue weighted by Gasteiger charge is -2.44. The van der Waals surface area contributed by atoms with E-state index in [4.69, 9.17) is 4.74 Å². The fourth-order valence-electron chi connectivity index (χ4n) is 1.76. The summed E-state index contributed by atoms with van der Waals surface area (Å²) in [6, 6.07) is 0. The molecule has 14 heavy (non-hydrogen) atoms. The van der Waals surface area contributed by atoms with Crippen LogP contribution in [0.4, 0.5) is 0 Å². The van der Waals surface area contributed by atoms with E-state index >= 15 is 0 Å². The van der Waals surface area contributed by atoms with Gasteiger partial charge in [0, 0.05) is 6.42 Å². The van der Waals surface area contributed by atoms with Gasteiger partial charge in [0.25, 0.3) is 0 Å². The second-order valence-electron chi connectivity index (χ2n) is 3.84. The number of hydrogen-bond acceptors (Lipinski definition) is 5. The Labute approximate surface area is 82.9 Å². The van der Waals surface area contributed by atoms with Gasteiger partial charge in [0.05, 0.1) is 6.10 Å². The fraction of sp³-hybridized carbons (Fsp3) is 1.00. The van der Waals surface area contributed by atoms with Crippen molar-refractivity contribution in [3.63, 3.8) is 0 Å². The van der Waals surface area contributed by atoms with Crippen molar-refractivity contribution in [2.45, 2.75) is 56.9 Å². The van der Waals surface area contributed by atoms with Gasteiger partial charge in [-0.15, -0.1) is 0 Å². The second-order valence-corrected chi connectivity index (χ2v) is 3.84. The highest BCUT2D eigenvalue weighted by atomic mass is 16.7. The van der Waals surface area contributed by atoms with Crippen LogP contribution in [0.1, 0.15) is 26.7 Å². The topological polar surface area (TPSA) is 90.2 Å². The highest BCUT2D eigenvalue weighted by Gasteiger charge is 2.50. The average Bonchev–Trinajstić information content (AvgIpc) is 2.12. The largest absolute Gasteiger partial charge is 0.388 e. The monoisotopic (exact) mass is 206 g/mol. The van der Waals surface area contributed by atoms with Gasteiger partial charge in [0.1, 0.15) is 18.3 Å². The van der Waals surface area contributed by atoms with Crippen LogP contribution in [0.25, 0.3) is 0 Å². The standard InChI is InChI=1S/C9H18O5/c1-3-4-9(13)8(12)7(11)6(10)5(2)14-9/h5-8,10-13H,3-4H2,1-2H3/t5-,6+,7+,8-,9+/m1/s1. The van der Waals surface area contributed by atoms with Gasteiger partial charge < -0.3 is 25.2 Å². The summed E-state index contributed by atoms with van der Waals surface area (Å²) < 4.78 is 5.10. The SMILES string of the molecule is CCC[C@]1(O)O[C@H](C)[C@H](O)[C@H](O)[C@H]1O. The maximum Gasteiger partial charge on any atom is 0.195 e. The van der Waals surface area contributed by atoms with Crippen molar-refractivity contribution in [2.24, 2.45) is 0 Å². The lowest BCUT2D eigenvalue weighted by Crippen LogP contribution is -2.63. The van der Waals surface area contributed by atoms with Gasteiger partial charge in [-0.05, 0) is 6.92 Å². The maximum absolute atomic E-state index is 9.86. The van der Waals surface area contributed by atoms with Crippen LogP contribution < -0.4 is 0 Å². The third-order valence-corrected chi connectivity index (χ3v) is 2.61. The van der Waals surface area contributed by atoms with Gasteiger partial charge in [0.15, 0.2) is 5.79 Å². The highest BCUT2D eigenvalue weighted by Crippen LogP contribution is 2.31. The maximum atomic E-state index is 9.86. The molecule has 0 unspecified atom stereocenters. The molecule has 0 saturated carbocycles. The van der Waals surface area contributed by atoms with E-state index in [1.54, 1.807) is 6.92 Å². The number of aliphatic hydroxyl groups excluding tert-OH is 3. The molecule has 0 aromatic heterocycles. The van der Waals surface area contributed by atoms with Crippen LogP contribution in [-0.4, -0.2) is 50.6 Å². The van der Waals surface area contributed by atoms with Crippen molar-refractivity contribution in [2.75, 3.05) is 0 Å². The van der Waals surface area contributed by atoms with Gasteiger partial charge in [-0.25, -0.2) is 0 Å². The zero-order valence-electron chi connectivity index (χ0n) is 8.42. The molecule has 1 aliphatic heterocycles. The normalized spacial score (nSPS) is 49.3. The summed E-state index contributed by atoms with van der Waals surface area (Å²) in [5, 5.41) is 38.2. The number of aliphatic hydroxyl groups is 4. The van der Waals surface area contributed by atoms with E-state index in [-0.39, 0.29) is 6.42 Å². The second kappa shape index (κ2) is 4.12. The summed E-state index contributed by atoms with van der Waals surface area (Å²) in [5.74, 6) is -1.74. The summed E-state index contributed by atoms with van der Waals surface area (Å²) in [5.41, 5.74) is 0. The quantitative estimate of drug-likeness (QED) is 0.464. The molecule has 0 spiro atoms. The Morgan fingerprint density at radius 3 is 2.29 bits per heavy atom. The Morgan fingerprint density at radius 1 is 1.21 bits per heavy atom. The average molecular weight is 206 g/mol. The fourth-order valence-corrected chi connectivity index (χ4v) is 1.76. The first-order valence-electron chi connectivity index (χ1n) is 4.86. The van der Waals surface area contributed by atoms with Crippen LogP contribution in [0.2, 0.25) is 0 Å². The Kier molecular flexibility index (Phi) is 3.49. The molecule has 5 atom stereocenters. The van der Waals surface area contributed by atoms with Crippen LogP contribution in [0.3, 0.4) is 0 Å². The molecule has 1 aliphatic rings. The summed E-state index contributed by atoms with van der Waals surface area (Å²) in [6.45, 7) is 3.37. The molecule has 0 amide bonds. The van der Waals surface area contributed by atoms with E-state index in [0.29, 0.717) is 6.42 Å². The zero-order valence-corrected chi connectivity index (χ0v) is 8.42. The van der Waals surface area contributed by atoms with Crippen molar-refractivity contribution in [3.05, 3.63) is 0 Å². The van der Waals surface area contributed by atoms with E-state index in [1.807, 2.05) is 6.92 Å². The van der Waals surface area contributed by atoms with Gasteiger partial charge in [0.2, 0.25) is 0 Å². The van der Waals surface area contributed by atoms with Gasteiger partial charge in [-0.2, -0.15) is 0 Å². The molecule has 0 bridgehead atoms.